The summed E-state index contributed by atoms with van der Waals surface area (Å²) in [6.45, 7) is 0. The lowest BCUT2D eigenvalue weighted by Crippen LogP contribution is -2.46. The number of aromatic nitrogens is 1. The van der Waals surface area contributed by atoms with Crippen molar-refractivity contribution < 1.29 is 19.4 Å². The first kappa shape index (κ1) is 13.9. The van der Waals surface area contributed by atoms with E-state index in [1.165, 1.54) is 13.3 Å². The molecule has 0 radical (unpaired) electrons. The molecule has 3 rings (SSSR count). The summed E-state index contributed by atoms with van der Waals surface area (Å²) in [6, 6.07) is 2.98. The highest BCUT2D eigenvalue weighted by Crippen LogP contribution is 2.48. The quantitative estimate of drug-likeness (QED) is 0.873. The van der Waals surface area contributed by atoms with E-state index in [1.54, 1.807) is 12.1 Å². The number of carboxylic acid groups (broad SMARTS) is 1. The molecule has 6 heteroatoms. The molecule has 0 saturated heterocycles. The van der Waals surface area contributed by atoms with Crippen LogP contribution in [0.4, 0.5) is 0 Å². The average molecular weight is 290 g/mol. The van der Waals surface area contributed by atoms with Crippen LogP contribution in [0, 0.1) is 17.8 Å². The zero-order valence-corrected chi connectivity index (χ0v) is 11.8. The lowest BCUT2D eigenvalue weighted by molar-refractivity contribution is -0.144. The van der Waals surface area contributed by atoms with Gasteiger partial charge >= 0.3 is 5.97 Å². The maximum Gasteiger partial charge on any atom is 0.308 e. The standard InChI is InChI=1S/C15H18N2O4/c1-21-11-5-4-10(7-16-11)14(18)17-13-9-3-2-8(6-9)12(13)15(19)20/h4-5,7-9,12-13H,2-3,6H2,1H3,(H,17,18)(H,19,20). The summed E-state index contributed by atoms with van der Waals surface area (Å²) < 4.78 is 4.95. The molecule has 2 saturated carbocycles. The zero-order valence-electron chi connectivity index (χ0n) is 11.8. The third-order valence-electron chi connectivity index (χ3n) is 4.71. The zero-order chi connectivity index (χ0) is 15.0. The number of fused-ring (bicyclic) bond motifs is 2. The number of carbonyl (C=O) groups excluding carboxylic acids is 1. The van der Waals surface area contributed by atoms with Crippen molar-refractivity contribution in [2.45, 2.75) is 25.3 Å². The van der Waals surface area contributed by atoms with Crippen LogP contribution in [0.5, 0.6) is 5.88 Å². The van der Waals surface area contributed by atoms with Crippen LogP contribution in [0.1, 0.15) is 29.6 Å². The molecular weight excluding hydrogens is 272 g/mol. The molecule has 112 valence electrons. The van der Waals surface area contributed by atoms with E-state index in [0.717, 1.165) is 19.3 Å². The molecule has 2 aliphatic rings. The smallest absolute Gasteiger partial charge is 0.308 e. The first-order valence-corrected chi connectivity index (χ1v) is 7.14. The number of amides is 1. The van der Waals surface area contributed by atoms with Crippen molar-refractivity contribution in [1.82, 2.24) is 10.3 Å². The number of ether oxygens (including phenoxy) is 1. The number of pyridine rings is 1. The summed E-state index contributed by atoms with van der Waals surface area (Å²) in [7, 11) is 1.51. The molecule has 0 spiro atoms. The van der Waals surface area contributed by atoms with Crippen LogP contribution < -0.4 is 10.1 Å². The van der Waals surface area contributed by atoms with E-state index in [1.807, 2.05) is 0 Å². The van der Waals surface area contributed by atoms with Crippen molar-refractivity contribution >= 4 is 11.9 Å². The van der Waals surface area contributed by atoms with Crippen molar-refractivity contribution in [3.63, 3.8) is 0 Å². The predicted octanol–water partition coefficient (Wildman–Crippen LogP) is 1.32. The molecule has 4 atom stereocenters. The molecule has 6 nitrogen and oxygen atoms in total. The Morgan fingerprint density at radius 2 is 2.10 bits per heavy atom. The molecule has 1 heterocycles. The first-order valence-electron chi connectivity index (χ1n) is 7.14. The summed E-state index contributed by atoms with van der Waals surface area (Å²) in [4.78, 5) is 27.7. The number of hydrogen-bond donors (Lipinski definition) is 2. The van der Waals surface area contributed by atoms with Gasteiger partial charge in [0.15, 0.2) is 0 Å². The SMILES string of the molecule is COc1ccc(C(=O)NC2C3CCC(C3)C2C(=O)O)cn1. The Morgan fingerprint density at radius 3 is 2.71 bits per heavy atom. The van der Waals surface area contributed by atoms with Gasteiger partial charge in [0.05, 0.1) is 18.6 Å². The number of nitrogens with one attached hydrogen (secondary N) is 1. The molecule has 0 aliphatic heterocycles. The highest BCUT2D eigenvalue weighted by molar-refractivity contribution is 5.94. The molecule has 2 N–H and O–H groups in total. The molecule has 2 aliphatic carbocycles. The third kappa shape index (κ3) is 2.46. The molecule has 2 fully saturated rings. The number of methoxy groups -OCH3 is 1. The van der Waals surface area contributed by atoms with Crippen LogP contribution in [0.25, 0.3) is 0 Å². The van der Waals surface area contributed by atoms with E-state index in [-0.39, 0.29) is 23.8 Å². The van der Waals surface area contributed by atoms with E-state index in [0.29, 0.717) is 11.4 Å². The van der Waals surface area contributed by atoms with Crippen LogP contribution in [0.3, 0.4) is 0 Å². The number of carbonyl (C=O) groups is 2. The third-order valence-corrected chi connectivity index (χ3v) is 4.71. The fourth-order valence-electron chi connectivity index (χ4n) is 3.72. The maximum absolute atomic E-state index is 12.3. The molecule has 2 bridgehead atoms. The Hall–Kier alpha value is -2.11. The van der Waals surface area contributed by atoms with Gasteiger partial charge in [-0.1, -0.05) is 0 Å². The Kier molecular flexibility index (Phi) is 3.53. The monoisotopic (exact) mass is 290 g/mol. The van der Waals surface area contributed by atoms with E-state index in [9.17, 15) is 14.7 Å². The van der Waals surface area contributed by atoms with E-state index in [2.05, 4.69) is 10.3 Å². The van der Waals surface area contributed by atoms with Gasteiger partial charge < -0.3 is 15.2 Å². The topological polar surface area (TPSA) is 88.5 Å². The summed E-state index contributed by atoms with van der Waals surface area (Å²) >= 11 is 0. The van der Waals surface area contributed by atoms with Crippen molar-refractivity contribution in [2.24, 2.45) is 17.8 Å². The minimum atomic E-state index is -0.805. The first-order chi connectivity index (χ1) is 10.1. The highest BCUT2D eigenvalue weighted by Gasteiger charge is 2.51. The van der Waals surface area contributed by atoms with Gasteiger partial charge in [0.25, 0.3) is 5.91 Å². The average Bonchev–Trinajstić information content (AvgIpc) is 3.08. The Balaban J connectivity index is 1.72. The molecule has 1 aromatic heterocycles. The number of hydrogen-bond acceptors (Lipinski definition) is 4. The van der Waals surface area contributed by atoms with Gasteiger partial charge in [-0.3, -0.25) is 9.59 Å². The van der Waals surface area contributed by atoms with Crippen molar-refractivity contribution in [3.05, 3.63) is 23.9 Å². The Labute approximate surface area is 122 Å². The maximum atomic E-state index is 12.3. The summed E-state index contributed by atoms with van der Waals surface area (Å²) in [5.74, 6) is -0.610. The summed E-state index contributed by atoms with van der Waals surface area (Å²) in [6.07, 6.45) is 4.30. The van der Waals surface area contributed by atoms with Gasteiger partial charge in [0.2, 0.25) is 5.88 Å². The van der Waals surface area contributed by atoms with E-state index < -0.39 is 11.9 Å². The number of rotatable bonds is 4. The second-order valence-corrected chi connectivity index (χ2v) is 5.79. The molecule has 1 amide bonds. The number of aliphatic carboxylic acids is 1. The number of nitrogens with zero attached hydrogens (tertiary/aromatic N) is 1. The largest absolute Gasteiger partial charge is 0.481 e. The molecular formula is C15H18N2O4. The van der Waals surface area contributed by atoms with Gasteiger partial charge in [0, 0.05) is 18.3 Å². The molecule has 0 aromatic carbocycles. The van der Waals surface area contributed by atoms with Gasteiger partial charge in [0.1, 0.15) is 0 Å². The molecule has 1 aromatic rings. The minimum absolute atomic E-state index is 0.201. The van der Waals surface area contributed by atoms with E-state index >= 15 is 0 Å². The van der Waals surface area contributed by atoms with Crippen molar-refractivity contribution in [3.8, 4) is 5.88 Å². The lowest BCUT2D eigenvalue weighted by atomic mass is 9.84. The van der Waals surface area contributed by atoms with E-state index in [4.69, 9.17) is 4.74 Å². The molecule has 4 unspecified atom stereocenters. The second-order valence-electron chi connectivity index (χ2n) is 5.79. The van der Waals surface area contributed by atoms with Crippen LogP contribution in [0.15, 0.2) is 18.3 Å². The van der Waals surface area contributed by atoms with Crippen LogP contribution >= 0.6 is 0 Å². The van der Waals surface area contributed by atoms with Gasteiger partial charge in [-0.15, -0.1) is 0 Å². The highest BCUT2D eigenvalue weighted by atomic mass is 16.5. The Bertz CT molecular complexity index is 557. The van der Waals surface area contributed by atoms with Gasteiger partial charge in [-0.2, -0.15) is 0 Å². The van der Waals surface area contributed by atoms with Crippen LogP contribution in [-0.2, 0) is 4.79 Å². The van der Waals surface area contributed by atoms with Gasteiger partial charge in [-0.25, -0.2) is 4.98 Å². The minimum Gasteiger partial charge on any atom is -0.481 e. The van der Waals surface area contributed by atoms with Crippen molar-refractivity contribution in [1.29, 1.82) is 0 Å². The predicted molar refractivity (Wildman–Crippen MR) is 74.0 cm³/mol. The summed E-state index contributed by atoms with van der Waals surface area (Å²) in [5.41, 5.74) is 0.419. The Morgan fingerprint density at radius 1 is 1.33 bits per heavy atom. The fourth-order valence-corrected chi connectivity index (χ4v) is 3.72. The number of carboxylic acids is 1. The van der Waals surface area contributed by atoms with Crippen LogP contribution in [-0.4, -0.2) is 35.1 Å². The second kappa shape index (κ2) is 5.35. The molecule has 21 heavy (non-hydrogen) atoms. The fraction of sp³-hybridized carbons (Fsp3) is 0.533. The summed E-state index contributed by atoms with van der Waals surface area (Å²) in [5, 5.41) is 12.3. The normalized spacial score (nSPS) is 30.1. The van der Waals surface area contributed by atoms with Crippen molar-refractivity contribution in [2.75, 3.05) is 7.11 Å². The lowest BCUT2D eigenvalue weighted by Gasteiger charge is -2.28. The van der Waals surface area contributed by atoms with Crippen LogP contribution in [0.2, 0.25) is 0 Å². The van der Waals surface area contributed by atoms with Gasteiger partial charge in [-0.05, 0) is 37.2 Å².